The van der Waals surface area contributed by atoms with Crippen molar-refractivity contribution in [2.75, 3.05) is 0 Å². The van der Waals surface area contributed by atoms with E-state index in [1.165, 1.54) is 11.1 Å². The monoisotopic (exact) mass is 564 g/mol. The van der Waals surface area contributed by atoms with Crippen LogP contribution in [0.1, 0.15) is 74.3 Å². The highest BCUT2D eigenvalue weighted by Crippen LogP contribution is 2.51. The van der Waals surface area contributed by atoms with Gasteiger partial charge in [0.2, 0.25) is 0 Å². The van der Waals surface area contributed by atoms with Gasteiger partial charge in [0.15, 0.2) is 0 Å². The number of rotatable bonds is 7. The van der Waals surface area contributed by atoms with E-state index in [0.29, 0.717) is 24.5 Å². The molecule has 3 aromatic rings. The summed E-state index contributed by atoms with van der Waals surface area (Å²) in [6.45, 7) is 13.2. The highest BCUT2D eigenvalue weighted by molar-refractivity contribution is 5.49. The van der Waals surface area contributed by atoms with Gasteiger partial charge in [0.25, 0.3) is 0 Å². The van der Waals surface area contributed by atoms with Crippen LogP contribution in [-0.4, -0.2) is 26.5 Å². The van der Waals surface area contributed by atoms with Crippen LogP contribution in [0.4, 0.5) is 0 Å². The Kier molecular flexibility index (Phi) is 8.13. The second-order valence-electron chi connectivity index (χ2n) is 13.3. The minimum atomic E-state index is -0.693. The number of hydrogen-bond donors (Lipinski definition) is 4. The first-order valence-corrected chi connectivity index (χ1v) is 15.0. The molecule has 0 heterocycles. The van der Waals surface area contributed by atoms with Gasteiger partial charge in [-0.1, -0.05) is 75.9 Å². The zero-order valence-corrected chi connectivity index (χ0v) is 25.3. The lowest BCUT2D eigenvalue weighted by Gasteiger charge is -2.45. The molecule has 1 unspecified atom stereocenters. The maximum absolute atomic E-state index is 10.9. The molecule has 2 aliphatic rings. The summed E-state index contributed by atoms with van der Waals surface area (Å²) in [5.41, 5.74) is 8.05. The SMILES string of the molecule is C=C1C=C(C(C)(C)C2CCC(C)(c3cc(C)c(O)c(Cc4ccc(O)cc4)c3)CC2)C=C(Cc2ccc(O)cc2)C1O. The Morgan fingerprint density at radius 1 is 0.833 bits per heavy atom. The minimum Gasteiger partial charge on any atom is -0.508 e. The van der Waals surface area contributed by atoms with Crippen LogP contribution in [0, 0.1) is 18.3 Å². The van der Waals surface area contributed by atoms with Crippen molar-refractivity contribution in [1.29, 1.82) is 0 Å². The lowest BCUT2D eigenvalue weighted by Crippen LogP contribution is -2.36. The minimum absolute atomic E-state index is 0.0232. The summed E-state index contributed by atoms with van der Waals surface area (Å²) < 4.78 is 0. The van der Waals surface area contributed by atoms with Gasteiger partial charge in [-0.05, 0) is 125 Å². The van der Waals surface area contributed by atoms with Gasteiger partial charge < -0.3 is 20.4 Å². The Labute approximate surface area is 250 Å². The van der Waals surface area contributed by atoms with E-state index in [9.17, 15) is 20.4 Å². The van der Waals surface area contributed by atoms with E-state index in [1.807, 2.05) is 31.2 Å². The molecule has 0 aromatic heterocycles. The Hall–Kier alpha value is -3.76. The number of aliphatic hydroxyl groups is 1. The van der Waals surface area contributed by atoms with Gasteiger partial charge in [-0.3, -0.25) is 0 Å². The Bertz CT molecular complexity index is 1510. The molecule has 4 nitrogen and oxygen atoms in total. The number of hydrogen-bond acceptors (Lipinski definition) is 4. The molecule has 1 saturated carbocycles. The standard InChI is InChI=1S/C38H44O4/c1-24-18-31(22-28(35(24)41)20-26-6-10-33(39)11-7-26)37(3,4)30-14-16-38(5,17-15-30)32-19-25(2)36(42)29(23-32)21-27-8-12-34(40)13-9-27/h6-13,18-19,22-23,30,35,39-42H,1,14-17,20-21H2,2-5H3. The average Bonchev–Trinajstić information content (AvgIpc) is 2.96. The molecule has 4 N–H and O–H groups in total. The largest absolute Gasteiger partial charge is 0.508 e. The molecular weight excluding hydrogens is 520 g/mol. The zero-order chi connectivity index (χ0) is 30.2. The first-order chi connectivity index (χ1) is 19.9. The molecule has 0 spiro atoms. The highest BCUT2D eigenvalue weighted by Gasteiger charge is 2.41. The fourth-order valence-corrected chi connectivity index (χ4v) is 6.88. The van der Waals surface area contributed by atoms with Crippen LogP contribution in [0.5, 0.6) is 17.2 Å². The lowest BCUT2D eigenvalue weighted by molar-refractivity contribution is 0.153. The first kappa shape index (κ1) is 29.7. The molecule has 220 valence electrons. The number of aryl methyl sites for hydroxylation is 1. The molecule has 0 aliphatic heterocycles. The molecule has 2 aliphatic carbocycles. The van der Waals surface area contributed by atoms with Gasteiger partial charge in [0.05, 0.1) is 0 Å². The molecule has 0 bridgehead atoms. The van der Waals surface area contributed by atoms with Crippen LogP contribution in [-0.2, 0) is 18.3 Å². The molecule has 0 amide bonds. The van der Waals surface area contributed by atoms with E-state index in [4.69, 9.17) is 0 Å². The third-order valence-electron chi connectivity index (χ3n) is 9.99. The summed E-state index contributed by atoms with van der Waals surface area (Å²) in [5, 5.41) is 41.1. The molecule has 0 radical (unpaired) electrons. The maximum Gasteiger partial charge on any atom is 0.122 e. The highest BCUT2D eigenvalue weighted by atomic mass is 16.3. The van der Waals surface area contributed by atoms with Crippen molar-refractivity contribution in [3.8, 4) is 17.2 Å². The van der Waals surface area contributed by atoms with Crippen molar-refractivity contribution in [3.63, 3.8) is 0 Å². The number of aliphatic hydroxyl groups excluding tert-OH is 1. The van der Waals surface area contributed by atoms with Crippen molar-refractivity contribution in [2.45, 2.75) is 77.7 Å². The maximum atomic E-state index is 10.9. The van der Waals surface area contributed by atoms with E-state index < -0.39 is 6.10 Å². The van der Waals surface area contributed by atoms with E-state index >= 15 is 0 Å². The first-order valence-electron chi connectivity index (χ1n) is 15.0. The lowest BCUT2D eigenvalue weighted by atomic mass is 9.59. The topological polar surface area (TPSA) is 80.9 Å². The third-order valence-corrected chi connectivity index (χ3v) is 9.99. The molecular formula is C38H44O4. The quantitative estimate of drug-likeness (QED) is 0.233. The van der Waals surface area contributed by atoms with E-state index in [1.54, 1.807) is 24.3 Å². The molecule has 42 heavy (non-hydrogen) atoms. The van der Waals surface area contributed by atoms with Crippen molar-refractivity contribution >= 4 is 0 Å². The molecule has 4 heteroatoms. The number of allylic oxidation sites excluding steroid dienone is 2. The normalized spacial score (nSPS) is 22.9. The summed E-state index contributed by atoms with van der Waals surface area (Å²) in [6, 6.07) is 18.7. The van der Waals surface area contributed by atoms with Gasteiger partial charge >= 0.3 is 0 Å². The smallest absolute Gasteiger partial charge is 0.122 e. The van der Waals surface area contributed by atoms with E-state index in [-0.39, 0.29) is 22.3 Å². The average molecular weight is 565 g/mol. The predicted molar refractivity (Wildman–Crippen MR) is 170 cm³/mol. The van der Waals surface area contributed by atoms with Crippen LogP contribution >= 0.6 is 0 Å². The number of phenols is 3. The van der Waals surface area contributed by atoms with Crippen molar-refractivity contribution in [2.24, 2.45) is 11.3 Å². The number of phenolic OH excluding ortho intramolecular Hbond substituents is 3. The number of aromatic hydroxyl groups is 3. The Morgan fingerprint density at radius 2 is 1.38 bits per heavy atom. The fourth-order valence-electron chi connectivity index (χ4n) is 6.88. The van der Waals surface area contributed by atoms with Gasteiger partial charge in [-0.25, -0.2) is 0 Å². The van der Waals surface area contributed by atoms with Crippen LogP contribution in [0.25, 0.3) is 0 Å². The summed E-state index contributed by atoms with van der Waals surface area (Å²) in [4.78, 5) is 0. The molecule has 5 rings (SSSR count). The second kappa shape index (κ2) is 11.5. The Morgan fingerprint density at radius 3 is 1.95 bits per heavy atom. The summed E-state index contributed by atoms with van der Waals surface area (Å²) in [6.07, 6.45) is 9.10. The van der Waals surface area contributed by atoms with E-state index in [0.717, 1.165) is 59.1 Å². The van der Waals surface area contributed by atoms with Crippen LogP contribution in [0.3, 0.4) is 0 Å². The molecule has 1 fully saturated rings. The van der Waals surface area contributed by atoms with Gasteiger partial charge in [0.1, 0.15) is 23.4 Å². The number of benzene rings is 3. The van der Waals surface area contributed by atoms with Gasteiger partial charge in [-0.2, -0.15) is 0 Å². The van der Waals surface area contributed by atoms with Gasteiger partial charge in [0, 0.05) is 6.42 Å². The van der Waals surface area contributed by atoms with Gasteiger partial charge in [-0.15, -0.1) is 0 Å². The van der Waals surface area contributed by atoms with Crippen molar-refractivity contribution < 1.29 is 20.4 Å². The summed E-state index contributed by atoms with van der Waals surface area (Å²) in [5.74, 6) is 1.32. The molecule has 1 atom stereocenters. The Balaban J connectivity index is 1.33. The third kappa shape index (κ3) is 6.05. The molecule has 3 aromatic carbocycles. The second-order valence-corrected chi connectivity index (χ2v) is 13.3. The van der Waals surface area contributed by atoms with Crippen LogP contribution in [0.2, 0.25) is 0 Å². The predicted octanol–water partition coefficient (Wildman–Crippen LogP) is 8.20. The van der Waals surface area contributed by atoms with Crippen molar-refractivity contribution in [3.05, 3.63) is 124 Å². The summed E-state index contributed by atoms with van der Waals surface area (Å²) in [7, 11) is 0. The van der Waals surface area contributed by atoms with E-state index in [2.05, 4.69) is 51.6 Å². The van der Waals surface area contributed by atoms with Crippen molar-refractivity contribution in [1.82, 2.24) is 0 Å². The van der Waals surface area contributed by atoms with Crippen LogP contribution < -0.4 is 0 Å². The summed E-state index contributed by atoms with van der Waals surface area (Å²) >= 11 is 0. The zero-order valence-electron chi connectivity index (χ0n) is 25.3. The molecule has 0 saturated heterocycles. The van der Waals surface area contributed by atoms with Crippen LogP contribution in [0.15, 0.2) is 96.1 Å². The fraction of sp³-hybridized carbons (Fsp3) is 0.368.